The van der Waals surface area contributed by atoms with Crippen molar-refractivity contribution in [1.82, 2.24) is 0 Å². The van der Waals surface area contributed by atoms with Crippen LogP contribution in [0.4, 0.5) is 8.78 Å². The van der Waals surface area contributed by atoms with Crippen LogP contribution in [0.1, 0.15) is 22.8 Å². The van der Waals surface area contributed by atoms with Crippen LogP contribution < -0.4 is 0 Å². The van der Waals surface area contributed by atoms with Crippen molar-refractivity contribution < 1.29 is 27.8 Å². The van der Waals surface area contributed by atoms with Crippen molar-refractivity contribution in [3.63, 3.8) is 0 Å². The topological polar surface area (TPSA) is 52.6 Å². The molecule has 0 bridgehead atoms. The molecule has 1 heterocycles. The number of fused-ring (bicyclic) bond motifs is 1. The first kappa shape index (κ1) is 12.5. The highest BCUT2D eigenvalue weighted by atomic mass is 19.2. The van der Waals surface area contributed by atoms with Crippen molar-refractivity contribution in [2.24, 2.45) is 0 Å². The second kappa shape index (κ2) is 4.04. The summed E-state index contributed by atoms with van der Waals surface area (Å²) >= 11 is 0. The monoisotopic (exact) mass is 256 g/mol. The summed E-state index contributed by atoms with van der Waals surface area (Å²) in [5.41, 5.74) is -1.87. The number of halogens is 2. The summed E-state index contributed by atoms with van der Waals surface area (Å²) in [5.74, 6) is -3.90. The maximum absolute atomic E-state index is 13.6. The van der Waals surface area contributed by atoms with Gasteiger partial charge in [0.25, 0.3) is 0 Å². The van der Waals surface area contributed by atoms with Crippen LogP contribution in [0.3, 0.4) is 0 Å². The van der Waals surface area contributed by atoms with E-state index in [4.69, 9.17) is 4.74 Å². The van der Waals surface area contributed by atoms with Gasteiger partial charge < -0.3 is 9.47 Å². The Morgan fingerprint density at radius 2 is 2.11 bits per heavy atom. The van der Waals surface area contributed by atoms with Gasteiger partial charge >= 0.3 is 11.9 Å². The van der Waals surface area contributed by atoms with Gasteiger partial charge in [0.1, 0.15) is 0 Å². The van der Waals surface area contributed by atoms with E-state index in [-0.39, 0.29) is 17.5 Å². The summed E-state index contributed by atoms with van der Waals surface area (Å²) in [6, 6.07) is 1.98. The predicted molar refractivity (Wildman–Crippen MR) is 55.9 cm³/mol. The van der Waals surface area contributed by atoms with E-state index in [0.29, 0.717) is 0 Å². The maximum atomic E-state index is 13.6. The smallest absolute Gasteiger partial charge is 0.350 e. The first-order valence-electron chi connectivity index (χ1n) is 5.17. The molecule has 0 saturated carbocycles. The van der Waals surface area contributed by atoms with Crippen LogP contribution in [0.25, 0.3) is 0 Å². The van der Waals surface area contributed by atoms with Crippen molar-refractivity contribution in [2.45, 2.75) is 18.9 Å². The molecular formula is C12H10F2O4. The fourth-order valence-corrected chi connectivity index (χ4v) is 1.92. The van der Waals surface area contributed by atoms with Crippen LogP contribution in [0, 0.1) is 11.6 Å². The molecule has 0 fully saturated rings. The molecule has 0 N–H and O–H groups in total. The predicted octanol–water partition coefficient (Wildman–Crippen LogP) is 1.61. The van der Waals surface area contributed by atoms with Crippen molar-refractivity contribution in [3.05, 3.63) is 34.9 Å². The molecule has 2 rings (SSSR count). The SMILES string of the molecule is COC(=O)C1(C)Cc2c(ccc(F)c2F)C(=O)O1. The van der Waals surface area contributed by atoms with Crippen molar-refractivity contribution >= 4 is 11.9 Å². The molecule has 1 aromatic rings. The van der Waals surface area contributed by atoms with Crippen LogP contribution in [0.15, 0.2) is 12.1 Å². The summed E-state index contributed by atoms with van der Waals surface area (Å²) < 4.78 is 36.2. The third-order valence-electron chi connectivity index (χ3n) is 2.87. The van der Waals surface area contributed by atoms with Gasteiger partial charge in [0.2, 0.25) is 5.60 Å². The van der Waals surface area contributed by atoms with Crippen LogP contribution >= 0.6 is 0 Å². The van der Waals surface area contributed by atoms with E-state index in [1.807, 2.05) is 0 Å². The number of esters is 2. The molecule has 4 nitrogen and oxygen atoms in total. The second-order valence-corrected chi connectivity index (χ2v) is 4.18. The standard InChI is InChI=1S/C12H10F2O4/c1-12(11(16)17-2)5-7-6(10(15)18-12)3-4-8(13)9(7)14/h3-4H,5H2,1-2H3. The summed E-state index contributed by atoms with van der Waals surface area (Å²) in [6.07, 6.45) is -0.260. The minimum Gasteiger partial charge on any atom is -0.466 e. The number of hydrogen-bond acceptors (Lipinski definition) is 4. The first-order valence-corrected chi connectivity index (χ1v) is 5.17. The molecule has 0 saturated heterocycles. The number of carbonyl (C=O) groups is 2. The van der Waals surface area contributed by atoms with Crippen LogP contribution in [-0.2, 0) is 20.7 Å². The van der Waals surface area contributed by atoms with E-state index in [1.165, 1.54) is 6.92 Å². The molecular weight excluding hydrogens is 246 g/mol. The molecule has 0 aliphatic carbocycles. The lowest BCUT2D eigenvalue weighted by molar-refractivity contribution is -0.161. The van der Waals surface area contributed by atoms with Crippen molar-refractivity contribution in [1.29, 1.82) is 0 Å². The van der Waals surface area contributed by atoms with Gasteiger partial charge in [-0.15, -0.1) is 0 Å². The van der Waals surface area contributed by atoms with Crippen molar-refractivity contribution in [3.8, 4) is 0 Å². The zero-order chi connectivity index (χ0) is 13.5. The van der Waals surface area contributed by atoms with E-state index >= 15 is 0 Å². The molecule has 0 radical (unpaired) electrons. The Bertz CT molecular complexity index is 541. The minimum atomic E-state index is -1.63. The average Bonchev–Trinajstić information content (AvgIpc) is 2.33. The minimum absolute atomic E-state index is 0.0738. The number of cyclic esters (lactones) is 1. The van der Waals surface area contributed by atoms with Gasteiger partial charge in [-0.05, 0) is 19.1 Å². The molecule has 1 atom stereocenters. The molecule has 1 aliphatic rings. The Kier molecular flexibility index (Phi) is 2.80. The quantitative estimate of drug-likeness (QED) is 0.716. The van der Waals surface area contributed by atoms with E-state index in [1.54, 1.807) is 0 Å². The van der Waals surface area contributed by atoms with Gasteiger partial charge in [0.15, 0.2) is 11.6 Å². The van der Waals surface area contributed by atoms with Crippen molar-refractivity contribution in [2.75, 3.05) is 7.11 Å². The highest BCUT2D eigenvalue weighted by Crippen LogP contribution is 2.31. The normalized spacial score (nSPS) is 22.1. The molecule has 0 aromatic heterocycles. The van der Waals surface area contributed by atoms with E-state index in [9.17, 15) is 18.4 Å². The zero-order valence-corrected chi connectivity index (χ0v) is 9.75. The fourth-order valence-electron chi connectivity index (χ4n) is 1.92. The average molecular weight is 256 g/mol. The number of hydrogen-bond donors (Lipinski definition) is 0. The first-order chi connectivity index (χ1) is 8.39. The number of benzene rings is 1. The van der Waals surface area contributed by atoms with E-state index in [0.717, 1.165) is 19.2 Å². The van der Waals surface area contributed by atoms with Crippen LogP contribution in [0.5, 0.6) is 0 Å². The number of ether oxygens (including phenoxy) is 2. The van der Waals surface area contributed by atoms with Gasteiger partial charge in [-0.2, -0.15) is 0 Å². The lowest BCUT2D eigenvalue weighted by Crippen LogP contribution is -2.47. The van der Waals surface area contributed by atoms with Gasteiger partial charge in [0, 0.05) is 12.0 Å². The Morgan fingerprint density at radius 3 is 2.72 bits per heavy atom. The Morgan fingerprint density at radius 1 is 1.44 bits per heavy atom. The Labute approximate surface area is 101 Å². The lowest BCUT2D eigenvalue weighted by Gasteiger charge is -2.31. The highest BCUT2D eigenvalue weighted by molar-refractivity contribution is 5.96. The summed E-state index contributed by atoms with van der Waals surface area (Å²) in [4.78, 5) is 23.2. The third-order valence-corrected chi connectivity index (χ3v) is 2.87. The third kappa shape index (κ3) is 1.73. The van der Waals surface area contributed by atoms with Gasteiger partial charge in [0.05, 0.1) is 12.7 Å². The molecule has 0 spiro atoms. The number of rotatable bonds is 1. The number of carbonyl (C=O) groups excluding carboxylic acids is 2. The summed E-state index contributed by atoms with van der Waals surface area (Å²) in [5, 5.41) is 0. The summed E-state index contributed by atoms with van der Waals surface area (Å²) in [6.45, 7) is 1.30. The lowest BCUT2D eigenvalue weighted by atomic mass is 9.89. The van der Waals surface area contributed by atoms with Gasteiger partial charge in [-0.25, -0.2) is 18.4 Å². The molecule has 1 aromatic carbocycles. The molecule has 96 valence electrons. The Hall–Kier alpha value is -1.98. The highest BCUT2D eigenvalue weighted by Gasteiger charge is 2.45. The summed E-state index contributed by atoms with van der Waals surface area (Å²) in [7, 11) is 1.12. The maximum Gasteiger partial charge on any atom is 0.350 e. The van der Waals surface area contributed by atoms with E-state index < -0.39 is 29.2 Å². The molecule has 1 aliphatic heterocycles. The molecule has 0 amide bonds. The zero-order valence-electron chi connectivity index (χ0n) is 9.75. The van der Waals surface area contributed by atoms with E-state index in [2.05, 4.69) is 4.74 Å². The van der Waals surface area contributed by atoms with Crippen LogP contribution in [-0.4, -0.2) is 24.6 Å². The van der Waals surface area contributed by atoms with Crippen LogP contribution in [0.2, 0.25) is 0 Å². The van der Waals surface area contributed by atoms with Gasteiger partial charge in [-0.3, -0.25) is 0 Å². The number of methoxy groups -OCH3 is 1. The molecule has 6 heteroatoms. The second-order valence-electron chi connectivity index (χ2n) is 4.18. The molecule has 1 unspecified atom stereocenters. The largest absolute Gasteiger partial charge is 0.466 e. The fraction of sp³-hybridized carbons (Fsp3) is 0.333. The molecule has 18 heavy (non-hydrogen) atoms. The Balaban J connectivity index is 2.54. The van der Waals surface area contributed by atoms with Gasteiger partial charge in [-0.1, -0.05) is 0 Å².